The minimum atomic E-state index is -0.0913. The third kappa shape index (κ3) is 4.62. The monoisotopic (exact) mass is 297 g/mol. The Bertz CT molecular complexity index is 608. The molecule has 116 valence electrons. The molecular weight excluding hydrogens is 274 g/mol. The second-order valence-electron chi connectivity index (χ2n) is 5.84. The fourth-order valence-electron chi connectivity index (χ4n) is 2.10. The lowest BCUT2D eigenvalue weighted by Gasteiger charge is -2.15. The summed E-state index contributed by atoms with van der Waals surface area (Å²) < 4.78 is 5.67. The molecule has 22 heavy (non-hydrogen) atoms. The van der Waals surface area contributed by atoms with Crippen molar-refractivity contribution in [1.29, 1.82) is 0 Å². The molecule has 2 aromatic carbocycles. The largest absolute Gasteiger partial charge is 0.493 e. The number of nitrogens with one attached hydrogen (secondary N) is 1. The number of benzene rings is 2. The van der Waals surface area contributed by atoms with Gasteiger partial charge in [0.1, 0.15) is 5.75 Å². The van der Waals surface area contributed by atoms with Gasteiger partial charge in [0, 0.05) is 5.56 Å². The van der Waals surface area contributed by atoms with E-state index in [9.17, 15) is 4.79 Å². The Kier molecular flexibility index (Phi) is 5.59. The third-order valence-corrected chi connectivity index (χ3v) is 3.33. The van der Waals surface area contributed by atoms with E-state index in [-0.39, 0.29) is 11.9 Å². The number of carbonyl (C=O) groups excluding carboxylic acids is 1. The van der Waals surface area contributed by atoms with Crippen LogP contribution in [0.25, 0.3) is 0 Å². The maximum Gasteiger partial charge on any atom is 0.251 e. The predicted molar refractivity (Wildman–Crippen MR) is 89.1 cm³/mol. The van der Waals surface area contributed by atoms with Crippen LogP contribution in [0.1, 0.15) is 42.7 Å². The molecular formula is C19H23NO2. The topological polar surface area (TPSA) is 38.3 Å². The Morgan fingerprint density at radius 2 is 1.77 bits per heavy atom. The molecule has 1 amide bonds. The van der Waals surface area contributed by atoms with E-state index in [1.807, 2.05) is 49.4 Å². The van der Waals surface area contributed by atoms with E-state index < -0.39 is 0 Å². The zero-order valence-corrected chi connectivity index (χ0v) is 13.4. The summed E-state index contributed by atoms with van der Waals surface area (Å²) in [6.45, 7) is 6.81. The minimum absolute atomic E-state index is 0.0334. The summed E-state index contributed by atoms with van der Waals surface area (Å²) >= 11 is 0. The van der Waals surface area contributed by atoms with Crippen LogP contribution in [0.15, 0.2) is 54.6 Å². The van der Waals surface area contributed by atoms with Crippen molar-refractivity contribution in [1.82, 2.24) is 5.32 Å². The molecule has 2 rings (SSSR count). The molecule has 0 radical (unpaired) electrons. The summed E-state index contributed by atoms with van der Waals surface area (Å²) in [4.78, 5) is 12.4. The highest BCUT2D eigenvalue weighted by molar-refractivity contribution is 5.94. The van der Waals surface area contributed by atoms with Crippen molar-refractivity contribution in [3.05, 3.63) is 65.7 Å². The lowest BCUT2D eigenvalue weighted by atomic mass is 10.1. The maximum atomic E-state index is 12.4. The SMILES string of the molecule is CC(C)COc1cccc(C(=O)N[C@H](C)c2ccccc2)c1. The molecule has 0 heterocycles. The first-order chi connectivity index (χ1) is 10.6. The second kappa shape index (κ2) is 7.64. The van der Waals surface area contributed by atoms with Crippen molar-refractivity contribution in [2.75, 3.05) is 6.61 Å². The lowest BCUT2D eigenvalue weighted by Crippen LogP contribution is -2.26. The van der Waals surface area contributed by atoms with Crippen LogP contribution in [-0.2, 0) is 0 Å². The molecule has 1 N–H and O–H groups in total. The normalized spacial score (nSPS) is 12.0. The van der Waals surface area contributed by atoms with Crippen molar-refractivity contribution in [3.63, 3.8) is 0 Å². The number of hydrogen-bond acceptors (Lipinski definition) is 2. The summed E-state index contributed by atoms with van der Waals surface area (Å²) in [6.07, 6.45) is 0. The van der Waals surface area contributed by atoms with E-state index in [0.717, 1.165) is 11.3 Å². The fraction of sp³-hybridized carbons (Fsp3) is 0.316. The molecule has 0 bridgehead atoms. The van der Waals surface area contributed by atoms with Crippen LogP contribution in [0.4, 0.5) is 0 Å². The maximum absolute atomic E-state index is 12.4. The quantitative estimate of drug-likeness (QED) is 0.867. The zero-order chi connectivity index (χ0) is 15.9. The van der Waals surface area contributed by atoms with Crippen LogP contribution in [-0.4, -0.2) is 12.5 Å². The number of amides is 1. The Balaban J connectivity index is 2.02. The van der Waals surface area contributed by atoms with Crippen molar-refractivity contribution in [3.8, 4) is 5.75 Å². The summed E-state index contributed by atoms with van der Waals surface area (Å²) in [5.74, 6) is 1.09. The van der Waals surface area contributed by atoms with E-state index in [1.54, 1.807) is 12.1 Å². The Labute approximate surface area is 132 Å². The van der Waals surface area contributed by atoms with Gasteiger partial charge in [-0.2, -0.15) is 0 Å². The summed E-state index contributed by atoms with van der Waals surface area (Å²) in [7, 11) is 0. The van der Waals surface area contributed by atoms with E-state index in [4.69, 9.17) is 4.74 Å². The van der Waals surface area contributed by atoms with Crippen LogP contribution in [0.2, 0.25) is 0 Å². The van der Waals surface area contributed by atoms with E-state index in [1.165, 1.54) is 0 Å². The molecule has 2 aromatic rings. The molecule has 0 fully saturated rings. The van der Waals surface area contributed by atoms with Gasteiger partial charge in [-0.05, 0) is 36.6 Å². The average Bonchev–Trinajstić information content (AvgIpc) is 2.54. The number of ether oxygens (including phenoxy) is 1. The Morgan fingerprint density at radius 1 is 1.05 bits per heavy atom. The Morgan fingerprint density at radius 3 is 2.45 bits per heavy atom. The molecule has 1 atom stereocenters. The highest BCUT2D eigenvalue weighted by Gasteiger charge is 2.12. The summed E-state index contributed by atoms with van der Waals surface area (Å²) in [5, 5.41) is 3.01. The van der Waals surface area contributed by atoms with Crippen LogP contribution >= 0.6 is 0 Å². The number of rotatable bonds is 6. The molecule has 0 unspecified atom stereocenters. The smallest absolute Gasteiger partial charge is 0.251 e. The fourth-order valence-corrected chi connectivity index (χ4v) is 2.10. The summed E-state index contributed by atoms with van der Waals surface area (Å²) in [6, 6.07) is 17.2. The molecule has 0 spiro atoms. The number of hydrogen-bond donors (Lipinski definition) is 1. The molecule has 3 heteroatoms. The molecule has 0 aliphatic heterocycles. The molecule has 0 aliphatic rings. The van der Waals surface area contributed by atoms with Crippen LogP contribution in [0, 0.1) is 5.92 Å². The van der Waals surface area contributed by atoms with E-state index in [0.29, 0.717) is 18.1 Å². The van der Waals surface area contributed by atoms with Crippen LogP contribution in [0.3, 0.4) is 0 Å². The van der Waals surface area contributed by atoms with Gasteiger partial charge in [0.25, 0.3) is 5.91 Å². The Hall–Kier alpha value is -2.29. The van der Waals surface area contributed by atoms with Crippen LogP contribution in [0.5, 0.6) is 5.75 Å². The van der Waals surface area contributed by atoms with Crippen molar-refractivity contribution in [2.45, 2.75) is 26.8 Å². The highest BCUT2D eigenvalue weighted by atomic mass is 16.5. The van der Waals surface area contributed by atoms with Crippen molar-refractivity contribution >= 4 is 5.91 Å². The van der Waals surface area contributed by atoms with Crippen molar-refractivity contribution < 1.29 is 9.53 Å². The van der Waals surface area contributed by atoms with Crippen molar-refractivity contribution in [2.24, 2.45) is 5.92 Å². The minimum Gasteiger partial charge on any atom is -0.493 e. The van der Waals surface area contributed by atoms with E-state index in [2.05, 4.69) is 19.2 Å². The van der Waals surface area contributed by atoms with Gasteiger partial charge in [-0.1, -0.05) is 50.2 Å². The first kappa shape index (κ1) is 16.1. The standard InChI is InChI=1S/C19H23NO2/c1-14(2)13-22-18-11-7-10-17(12-18)19(21)20-15(3)16-8-5-4-6-9-16/h4-12,14-15H,13H2,1-3H3,(H,20,21)/t15-/m1/s1. The molecule has 3 nitrogen and oxygen atoms in total. The number of carbonyl (C=O) groups is 1. The zero-order valence-electron chi connectivity index (χ0n) is 13.4. The molecule has 0 aliphatic carbocycles. The summed E-state index contributed by atoms with van der Waals surface area (Å²) in [5.41, 5.74) is 1.70. The molecule has 0 aromatic heterocycles. The molecule has 0 saturated heterocycles. The first-order valence-corrected chi connectivity index (χ1v) is 7.65. The van der Waals surface area contributed by atoms with Gasteiger partial charge in [-0.25, -0.2) is 0 Å². The van der Waals surface area contributed by atoms with Gasteiger partial charge < -0.3 is 10.1 Å². The average molecular weight is 297 g/mol. The van der Waals surface area contributed by atoms with Gasteiger partial charge in [0.2, 0.25) is 0 Å². The lowest BCUT2D eigenvalue weighted by molar-refractivity contribution is 0.0939. The first-order valence-electron chi connectivity index (χ1n) is 7.65. The van der Waals surface area contributed by atoms with Gasteiger partial charge in [-0.3, -0.25) is 4.79 Å². The third-order valence-electron chi connectivity index (χ3n) is 3.33. The van der Waals surface area contributed by atoms with Gasteiger partial charge in [0.15, 0.2) is 0 Å². The second-order valence-corrected chi connectivity index (χ2v) is 5.84. The van der Waals surface area contributed by atoms with Gasteiger partial charge in [-0.15, -0.1) is 0 Å². The van der Waals surface area contributed by atoms with E-state index >= 15 is 0 Å². The highest BCUT2D eigenvalue weighted by Crippen LogP contribution is 2.16. The predicted octanol–water partition coefficient (Wildman–Crippen LogP) is 4.21. The van der Waals surface area contributed by atoms with Crippen LogP contribution < -0.4 is 10.1 Å². The molecule has 0 saturated carbocycles. The van der Waals surface area contributed by atoms with Gasteiger partial charge in [0.05, 0.1) is 12.6 Å². The van der Waals surface area contributed by atoms with Gasteiger partial charge >= 0.3 is 0 Å².